The topological polar surface area (TPSA) is 17.1 Å². The highest BCUT2D eigenvalue weighted by Gasteiger charge is 2.08. The van der Waals surface area contributed by atoms with Crippen molar-refractivity contribution in [2.24, 2.45) is 0 Å². The normalized spacial score (nSPS) is 10.5. The van der Waals surface area contributed by atoms with Crippen LogP contribution in [-0.4, -0.2) is 18.3 Å². The molecule has 20 heavy (non-hydrogen) atoms. The first-order chi connectivity index (χ1) is 9.74. The predicted octanol–water partition coefficient (Wildman–Crippen LogP) is 4.95. The molecule has 0 aliphatic rings. The molecule has 0 spiro atoms. The molecule has 0 N–H and O–H groups in total. The Kier molecular flexibility index (Phi) is 5.74. The van der Waals surface area contributed by atoms with E-state index < -0.39 is 0 Å². The van der Waals surface area contributed by atoms with Crippen LogP contribution in [0.15, 0.2) is 58.3 Å². The van der Waals surface area contributed by atoms with Gasteiger partial charge in [-0.3, -0.25) is 4.79 Å². The molecular formula is C17H18OS2. The van der Waals surface area contributed by atoms with Crippen molar-refractivity contribution in [3.8, 4) is 0 Å². The van der Waals surface area contributed by atoms with Crippen molar-refractivity contribution in [1.29, 1.82) is 0 Å². The number of thioether (sulfide) groups is 2. The number of hydrogen-bond acceptors (Lipinski definition) is 3. The fraction of sp³-hybridized carbons (Fsp3) is 0.235. The molecule has 0 unspecified atom stereocenters. The van der Waals surface area contributed by atoms with Crippen LogP contribution in [0.3, 0.4) is 0 Å². The highest BCUT2D eigenvalue weighted by Crippen LogP contribution is 2.22. The highest BCUT2D eigenvalue weighted by atomic mass is 32.2. The van der Waals surface area contributed by atoms with E-state index in [0.29, 0.717) is 6.42 Å². The first-order valence-corrected chi connectivity index (χ1v) is 8.98. The number of hydrogen-bond donors (Lipinski definition) is 0. The van der Waals surface area contributed by atoms with Gasteiger partial charge in [-0.2, -0.15) is 0 Å². The van der Waals surface area contributed by atoms with Gasteiger partial charge in [-0.1, -0.05) is 30.3 Å². The lowest BCUT2D eigenvalue weighted by atomic mass is 10.0. The quantitative estimate of drug-likeness (QED) is 0.555. The molecule has 1 nitrogen and oxygen atoms in total. The fourth-order valence-electron chi connectivity index (χ4n) is 2.08. The average Bonchev–Trinajstić information content (AvgIpc) is 2.53. The lowest BCUT2D eigenvalue weighted by Crippen LogP contribution is -2.01. The Morgan fingerprint density at radius 1 is 0.950 bits per heavy atom. The zero-order valence-corrected chi connectivity index (χ0v) is 13.4. The van der Waals surface area contributed by atoms with Crippen LogP contribution in [0.2, 0.25) is 0 Å². The molecule has 2 aromatic carbocycles. The zero-order valence-electron chi connectivity index (χ0n) is 11.8. The Morgan fingerprint density at radius 3 is 2.30 bits per heavy atom. The number of carbonyl (C=O) groups excluding carboxylic acids is 1. The van der Waals surface area contributed by atoms with E-state index in [4.69, 9.17) is 0 Å². The van der Waals surface area contributed by atoms with Gasteiger partial charge >= 0.3 is 0 Å². The summed E-state index contributed by atoms with van der Waals surface area (Å²) in [6.45, 7) is 0. The molecular weight excluding hydrogens is 284 g/mol. The summed E-state index contributed by atoms with van der Waals surface area (Å²) >= 11 is 3.42. The standard InChI is InChI=1S/C17H18OS2/c1-19-15-10-7-13(8-11-15)16(18)12-9-14-5-3-4-6-17(14)20-2/h3-8,10-11H,9,12H2,1-2H3. The van der Waals surface area contributed by atoms with Gasteiger partial charge in [-0.15, -0.1) is 23.5 Å². The molecule has 0 aromatic heterocycles. The van der Waals surface area contributed by atoms with Crippen molar-refractivity contribution in [3.05, 3.63) is 59.7 Å². The van der Waals surface area contributed by atoms with Crippen molar-refractivity contribution in [3.63, 3.8) is 0 Å². The molecule has 0 heterocycles. The minimum absolute atomic E-state index is 0.216. The SMILES string of the molecule is CSc1ccc(C(=O)CCc2ccccc2SC)cc1. The van der Waals surface area contributed by atoms with E-state index in [9.17, 15) is 4.79 Å². The Labute approximate surface area is 129 Å². The number of carbonyl (C=O) groups is 1. The fourth-order valence-corrected chi connectivity index (χ4v) is 3.13. The van der Waals surface area contributed by atoms with Gasteiger partial charge in [0.15, 0.2) is 5.78 Å². The van der Waals surface area contributed by atoms with Crippen LogP contribution in [0.1, 0.15) is 22.3 Å². The number of Topliss-reactive ketones (excluding diaryl/α,β-unsaturated/α-hetero) is 1. The van der Waals surface area contributed by atoms with Gasteiger partial charge in [-0.05, 0) is 42.7 Å². The van der Waals surface area contributed by atoms with Crippen LogP contribution in [0.5, 0.6) is 0 Å². The minimum atomic E-state index is 0.216. The van der Waals surface area contributed by atoms with Crippen LogP contribution in [-0.2, 0) is 6.42 Å². The third-order valence-electron chi connectivity index (χ3n) is 3.23. The Morgan fingerprint density at radius 2 is 1.65 bits per heavy atom. The van der Waals surface area contributed by atoms with E-state index in [-0.39, 0.29) is 5.78 Å². The largest absolute Gasteiger partial charge is 0.294 e. The van der Waals surface area contributed by atoms with Crippen molar-refractivity contribution in [2.75, 3.05) is 12.5 Å². The molecule has 0 amide bonds. The van der Waals surface area contributed by atoms with E-state index in [1.807, 2.05) is 42.7 Å². The Balaban J connectivity index is 2.01. The van der Waals surface area contributed by atoms with Crippen molar-refractivity contribution in [1.82, 2.24) is 0 Å². The number of aryl methyl sites for hydroxylation is 1. The smallest absolute Gasteiger partial charge is 0.163 e. The van der Waals surface area contributed by atoms with Crippen LogP contribution < -0.4 is 0 Å². The zero-order chi connectivity index (χ0) is 14.4. The summed E-state index contributed by atoms with van der Waals surface area (Å²) < 4.78 is 0. The second-order valence-corrected chi connectivity index (χ2v) is 6.19. The molecule has 104 valence electrons. The molecule has 2 aromatic rings. The van der Waals surface area contributed by atoms with Gasteiger partial charge in [0.05, 0.1) is 0 Å². The van der Waals surface area contributed by atoms with Gasteiger partial charge in [0.1, 0.15) is 0 Å². The third kappa shape index (κ3) is 3.90. The molecule has 3 heteroatoms. The Bertz CT molecular complexity index is 576. The Hall–Kier alpha value is -1.19. The van der Waals surface area contributed by atoms with Crippen molar-refractivity contribution in [2.45, 2.75) is 22.6 Å². The van der Waals surface area contributed by atoms with E-state index in [2.05, 4.69) is 18.4 Å². The molecule has 0 radical (unpaired) electrons. The monoisotopic (exact) mass is 302 g/mol. The summed E-state index contributed by atoms with van der Waals surface area (Å²) in [7, 11) is 0. The maximum Gasteiger partial charge on any atom is 0.163 e. The molecule has 0 saturated carbocycles. The van der Waals surface area contributed by atoms with Gasteiger partial charge in [0.25, 0.3) is 0 Å². The maximum absolute atomic E-state index is 12.2. The van der Waals surface area contributed by atoms with Gasteiger partial charge in [0, 0.05) is 21.8 Å². The van der Waals surface area contributed by atoms with Crippen LogP contribution in [0, 0.1) is 0 Å². The lowest BCUT2D eigenvalue weighted by Gasteiger charge is -2.07. The first-order valence-electron chi connectivity index (χ1n) is 6.53. The molecule has 0 saturated heterocycles. The van der Waals surface area contributed by atoms with Gasteiger partial charge < -0.3 is 0 Å². The van der Waals surface area contributed by atoms with Gasteiger partial charge in [0.2, 0.25) is 0 Å². The van der Waals surface area contributed by atoms with E-state index in [1.165, 1.54) is 15.4 Å². The molecule has 0 aliphatic carbocycles. The molecule has 0 atom stereocenters. The third-order valence-corrected chi connectivity index (χ3v) is 4.81. The number of rotatable bonds is 6. The summed E-state index contributed by atoms with van der Waals surface area (Å²) in [5, 5.41) is 0. The summed E-state index contributed by atoms with van der Waals surface area (Å²) in [6, 6.07) is 16.2. The van der Waals surface area contributed by atoms with E-state index >= 15 is 0 Å². The summed E-state index contributed by atoms with van der Waals surface area (Å²) in [6.07, 6.45) is 5.48. The van der Waals surface area contributed by atoms with E-state index in [0.717, 1.165) is 12.0 Å². The predicted molar refractivity (Wildman–Crippen MR) is 89.1 cm³/mol. The molecule has 0 fully saturated rings. The summed E-state index contributed by atoms with van der Waals surface area (Å²) in [5.74, 6) is 0.216. The number of ketones is 1. The molecule has 2 rings (SSSR count). The highest BCUT2D eigenvalue weighted by molar-refractivity contribution is 7.98. The second-order valence-electron chi connectivity index (χ2n) is 4.46. The van der Waals surface area contributed by atoms with Crippen LogP contribution in [0.25, 0.3) is 0 Å². The van der Waals surface area contributed by atoms with Crippen molar-refractivity contribution >= 4 is 29.3 Å². The lowest BCUT2D eigenvalue weighted by molar-refractivity contribution is 0.0982. The molecule has 0 bridgehead atoms. The maximum atomic E-state index is 12.2. The first kappa shape index (κ1) is 15.2. The van der Waals surface area contributed by atoms with Crippen LogP contribution >= 0.6 is 23.5 Å². The summed E-state index contributed by atoms with van der Waals surface area (Å²) in [4.78, 5) is 14.7. The van der Waals surface area contributed by atoms with E-state index in [1.54, 1.807) is 23.5 Å². The van der Waals surface area contributed by atoms with Crippen LogP contribution in [0.4, 0.5) is 0 Å². The average molecular weight is 302 g/mol. The molecule has 0 aliphatic heterocycles. The minimum Gasteiger partial charge on any atom is -0.294 e. The second kappa shape index (κ2) is 7.55. The number of benzene rings is 2. The summed E-state index contributed by atoms with van der Waals surface area (Å²) in [5.41, 5.74) is 2.07. The van der Waals surface area contributed by atoms with Crippen molar-refractivity contribution < 1.29 is 4.79 Å². The van der Waals surface area contributed by atoms with Gasteiger partial charge in [-0.25, -0.2) is 0 Å².